The predicted molar refractivity (Wildman–Crippen MR) is 89.0 cm³/mol. The highest BCUT2D eigenvalue weighted by atomic mass is 28.5. The Morgan fingerprint density at radius 1 is 0.810 bits per heavy atom. The lowest BCUT2D eigenvalue weighted by molar-refractivity contribution is 0.121. The first-order chi connectivity index (χ1) is 9.41. The normalized spacial score (nSPS) is 33.0. The van der Waals surface area contributed by atoms with E-state index in [2.05, 4.69) is 45.8 Å². The average molecular weight is 369 g/mol. The molecular weight excluding hydrogens is 340 g/mol. The van der Waals surface area contributed by atoms with Crippen LogP contribution in [0.3, 0.4) is 0 Å². The molecule has 2 aliphatic heterocycles. The molecule has 2 saturated heterocycles. The summed E-state index contributed by atoms with van der Waals surface area (Å²) in [7, 11) is -9.25. The van der Waals surface area contributed by atoms with E-state index in [1.807, 2.05) is 0 Å². The van der Waals surface area contributed by atoms with Gasteiger partial charge < -0.3 is 25.9 Å². The van der Waals surface area contributed by atoms with Gasteiger partial charge in [0.15, 0.2) is 0 Å². The van der Waals surface area contributed by atoms with Crippen LogP contribution in [0.5, 0.6) is 0 Å². The van der Waals surface area contributed by atoms with E-state index in [1.165, 1.54) is 0 Å². The summed E-state index contributed by atoms with van der Waals surface area (Å²) in [6, 6.07) is 0. The molecule has 10 heteroatoms. The summed E-state index contributed by atoms with van der Waals surface area (Å²) in [5.74, 6) is 0. The van der Waals surface area contributed by atoms with Crippen LogP contribution in [0.4, 0.5) is 0 Å². The molecule has 0 radical (unpaired) electrons. The lowest BCUT2D eigenvalue weighted by Gasteiger charge is -2.47. The highest BCUT2D eigenvalue weighted by Crippen LogP contribution is 2.30. The molecule has 2 heterocycles. The van der Waals surface area contributed by atoms with Gasteiger partial charge in [0.25, 0.3) is 0 Å². The van der Waals surface area contributed by atoms with Crippen molar-refractivity contribution >= 4 is 34.2 Å². The Hall–Kier alpha value is 0.628. The lowest BCUT2D eigenvalue weighted by Crippen LogP contribution is -2.66. The molecule has 1 unspecified atom stereocenters. The van der Waals surface area contributed by atoms with Crippen LogP contribution in [-0.4, -0.2) is 59.8 Å². The molecule has 124 valence electrons. The van der Waals surface area contributed by atoms with Crippen molar-refractivity contribution in [3.63, 3.8) is 0 Å². The molecule has 2 rings (SSSR count). The van der Waals surface area contributed by atoms with Gasteiger partial charge in [0, 0.05) is 0 Å². The highest BCUT2D eigenvalue weighted by molar-refractivity contribution is 6.93. The van der Waals surface area contributed by atoms with Crippen LogP contribution in [-0.2, 0) is 25.9 Å². The molecule has 0 bridgehead atoms. The number of rotatable bonds is 4. The van der Waals surface area contributed by atoms with Crippen molar-refractivity contribution in [3.8, 4) is 0 Å². The number of hydrogen-bond donors (Lipinski definition) is 0. The van der Waals surface area contributed by atoms with Gasteiger partial charge >= 0.3 is 34.2 Å². The van der Waals surface area contributed by atoms with E-state index in [0.717, 1.165) is 6.61 Å². The van der Waals surface area contributed by atoms with Crippen molar-refractivity contribution in [1.29, 1.82) is 0 Å². The van der Waals surface area contributed by atoms with E-state index in [9.17, 15) is 0 Å². The van der Waals surface area contributed by atoms with Gasteiger partial charge in [-0.15, -0.1) is 0 Å². The third kappa shape index (κ3) is 5.97. The maximum Gasteiger partial charge on any atom is 0.344 e. The summed E-state index contributed by atoms with van der Waals surface area (Å²) in [5.41, 5.74) is 0. The van der Waals surface area contributed by atoms with Gasteiger partial charge in [0.1, 0.15) is 6.10 Å². The lowest BCUT2D eigenvalue weighted by atomic mass is 10.5. The second-order valence-electron chi connectivity index (χ2n) is 7.21. The molecule has 0 spiro atoms. The van der Waals surface area contributed by atoms with Crippen LogP contribution < -0.4 is 0 Å². The van der Waals surface area contributed by atoms with Gasteiger partial charge in [0.05, 0.1) is 19.4 Å². The van der Waals surface area contributed by atoms with Crippen LogP contribution in [0.15, 0.2) is 0 Å². The number of hydrogen-bond acceptors (Lipinski definition) is 6. The van der Waals surface area contributed by atoms with Crippen LogP contribution in [0.25, 0.3) is 0 Å². The van der Waals surface area contributed by atoms with Crippen LogP contribution in [0.1, 0.15) is 0 Å². The molecule has 2 aliphatic rings. The molecule has 2 fully saturated rings. The Balaban J connectivity index is 2.07. The van der Waals surface area contributed by atoms with Crippen molar-refractivity contribution in [2.24, 2.45) is 0 Å². The zero-order chi connectivity index (χ0) is 15.9. The van der Waals surface area contributed by atoms with E-state index in [4.69, 9.17) is 25.9 Å². The largest absolute Gasteiger partial charge is 0.416 e. The second kappa shape index (κ2) is 5.92. The van der Waals surface area contributed by atoms with Gasteiger partial charge in [-0.25, -0.2) is 0 Å². The van der Waals surface area contributed by atoms with Gasteiger partial charge in [-0.1, -0.05) is 0 Å². The number of ether oxygens (including phenoxy) is 2. The van der Waals surface area contributed by atoms with Crippen molar-refractivity contribution < 1.29 is 25.9 Å². The molecular formula is C11H28O6Si4. The molecule has 1 atom stereocenters. The van der Waals surface area contributed by atoms with Crippen LogP contribution >= 0.6 is 0 Å². The van der Waals surface area contributed by atoms with Crippen LogP contribution in [0, 0.1) is 0 Å². The third-order valence-electron chi connectivity index (χ3n) is 2.98. The minimum atomic E-state index is -2.47. The molecule has 0 N–H and O–H groups in total. The molecule has 0 amide bonds. The molecule has 0 aromatic rings. The summed E-state index contributed by atoms with van der Waals surface area (Å²) in [6.07, 6.45) is 0.750. The fraction of sp³-hybridized carbons (Fsp3) is 1.00. The summed E-state index contributed by atoms with van der Waals surface area (Å²) in [5, 5.41) is 0. The van der Waals surface area contributed by atoms with Gasteiger partial charge in [-0.2, -0.15) is 0 Å². The fourth-order valence-corrected chi connectivity index (χ4v) is 23.8. The van der Waals surface area contributed by atoms with E-state index in [-0.39, 0.29) is 6.10 Å². The Kier molecular flexibility index (Phi) is 5.07. The summed E-state index contributed by atoms with van der Waals surface area (Å²) in [6.45, 7) is 15.8. The molecule has 0 aromatic heterocycles. The Morgan fingerprint density at radius 2 is 1.24 bits per heavy atom. The average Bonchev–Trinajstić information content (AvgIpc) is 2.92. The van der Waals surface area contributed by atoms with Gasteiger partial charge in [0.2, 0.25) is 0 Å². The Morgan fingerprint density at radius 3 is 1.67 bits per heavy atom. The molecule has 0 aromatic carbocycles. The molecule has 6 nitrogen and oxygen atoms in total. The Bertz CT molecular complexity index is 363. The predicted octanol–water partition coefficient (Wildman–Crippen LogP) is 2.20. The minimum Gasteiger partial charge on any atom is -0.416 e. The molecule has 0 saturated carbocycles. The fourth-order valence-electron chi connectivity index (χ4n) is 2.91. The zero-order valence-corrected chi connectivity index (χ0v) is 18.1. The van der Waals surface area contributed by atoms with E-state index in [0.29, 0.717) is 12.8 Å². The standard InChI is InChI=1S/C11H28O6Si4/c1-18(2)14-19(3,4)16-21(7,17-20(5,6)15-18)10-12-8-11-9-13-11/h11H,8-10H2,1-7H3. The quantitative estimate of drug-likeness (QED) is 0.560. The second-order valence-corrected chi connectivity index (χ2v) is 21.4. The monoisotopic (exact) mass is 368 g/mol. The first-order valence-electron chi connectivity index (χ1n) is 7.40. The van der Waals surface area contributed by atoms with Gasteiger partial charge in [-0.05, 0) is 45.8 Å². The van der Waals surface area contributed by atoms with Crippen LogP contribution in [0.2, 0.25) is 45.8 Å². The van der Waals surface area contributed by atoms with E-state index >= 15 is 0 Å². The van der Waals surface area contributed by atoms with E-state index < -0.39 is 34.2 Å². The summed E-state index contributed by atoms with van der Waals surface area (Å²) in [4.78, 5) is 0. The summed E-state index contributed by atoms with van der Waals surface area (Å²) >= 11 is 0. The minimum absolute atomic E-state index is 0.255. The first-order valence-corrected chi connectivity index (χ1v) is 18.4. The number of epoxide rings is 1. The smallest absolute Gasteiger partial charge is 0.344 e. The Labute approximate surface area is 132 Å². The maximum atomic E-state index is 6.40. The van der Waals surface area contributed by atoms with Gasteiger partial charge in [-0.3, -0.25) is 0 Å². The maximum absolute atomic E-state index is 6.40. The zero-order valence-electron chi connectivity index (χ0n) is 14.1. The van der Waals surface area contributed by atoms with Crippen molar-refractivity contribution in [1.82, 2.24) is 0 Å². The SMILES string of the molecule is C[Si]1(C)O[Si](C)(C)O[Si](C)(COCC2CO2)O[Si](C)(C)O1. The van der Waals surface area contributed by atoms with Crippen molar-refractivity contribution in [2.75, 3.05) is 19.4 Å². The summed E-state index contributed by atoms with van der Waals surface area (Å²) < 4.78 is 36.3. The highest BCUT2D eigenvalue weighted by Gasteiger charge is 2.52. The topological polar surface area (TPSA) is 58.7 Å². The third-order valence-corrected chi connectivity index (χ3v) is 19.0. The molecule has 21 heavy (non-hydrogen) atoms. The van der Waals surface area contributed by atoms with Crippen molar-refractivity contribution in [3.05, 3.63) is 0 Å². The van der Waals surface area contributed by atoms with E-state index in [1.54, 1.807) is 0 Å². The molecule has 0 aliphatic carbocycles. The first kappa shape index (κ1) is 18.0. The van der Waals surface area contributed by atoms with Crippen molar-refractivity contribution in [2.45, 2.75) is 51.9 Å².